The smallest absolute Gasteiger partial charge is 0.330 e. The standard InChI is InChI=1S/C33H43NO3/c1-8-36-29(35)16-15-24-13-12-14-25(19-24)22-37-30-27(32(5,6)7)20-26(31(2,3)4)21-28(30)33(23-34)17-10-9-11-18-33/h12-16,19-21H,8-11,17-18,22H2,1-7H3/b16-15+. The second-order valence-electron chi connectivity index (χ2n) is 12.3. The van der Waals surface area contributed by atoms with Crippen molar-refractivity contribution in [2.75, 3.05) is 6.61 Å². The fourth-order valence-corrected chi connectivity index (χ4v) is 5.02. The normalized spacial score (nSPS) is 15.8. The molecule has 0 atom stereocenters. The maximum absolute atomic E-state index is 11.7. The third-order valence-corrected chi connectivity index (χ3v) is 7.23. The minimum atomic E-state index is -0.529. The molecule has 4 heteroatoms. The number of esters is 1. The molecule has 3 rings (SSSR count). The fraction of sp³-hybridized carbons (Fsp3) is 0.515. The third-order valence-electron chi connectivity index (χ3n) is 7.23. The lowest BCUT2D eigenvalue weighted by Crippen LogP contribution is -2.30. The minimum absolute atomic E-state index is 0.0435. The van der Waals surface area contributed by atoms with E-state index in [4.69, 9.17) is 9.47 Å². The van der Waals surface area contributed by atoms with Gasteiger partial charge in [0.1, 0.15) is 12.4 Å². The zero-order valence-corrected chi connectivity index (χ0v) is 23.7. The average molecular weight is 502 g/mol. The maximum atomic E-state index is 11.7. The summed E-state index contributed by atoms with van der Waals surface area (Å²) in [4.78, 5) is 11.7. The molecular weight excluding hydrogens is 458 g/mol. The molecule has 1 saturated carbocycles. The number of carbonyl (C=O) groups excluding carboxylic acids is 1. The SMILES string of the molecule is CCOC(=O)/C=C/c1cccc(COc2c(C(C)(C)C)cc(C(C)(C)C)cc2C2(C#N)CCCCC2)c1. The number of benzene rings is 2. The highest BCUT2D eigenvalue weighted by Gasteiger charge is 2.39. The van der Waals surface area contributed by atoms with E-state index in [0.717, 1.165) is 53.7 Å². The third kappa shape index (κ3) is 7.04. The van der Waals surface area contributed by atoms with Crippen molar-refractivity contribution in [3.8, 4) is 11.8 Å². The van der Waals surface area contributed by atoms with Gasteiger partial charge in [0.25, 0.3) is 0 Å². The van der Waals surface area contributed by atoms with Crippen LogP contribution in [0.4, 0.5) is 0 Å². The molecule has 198 valence electrons. The van der Waals surface area contributed by atoms with E-state index in [2.05, 4.69) is 59.7 Å². The first-order chi connectivity index (χ1) is 17.4. The number of carbonyl (C=O) groups is 1. The van der Waals surface area contributed by atoms with Crippen LogP contribution in [-0.2, 0) is 32.4 Å². The predicted molar refractivity (Wildman–Crippen MR) is 151 cm³/mol. The van der Waals surface area contributed by atoms with Gasteiger partial charge in [-0.2, -0.15) is 5.26 Å². The molecule has 0 unspecified atom stereocenters. The lowest BCUT2D eigenvalue weighted by Gasteiger charge is -2.36. The van der Waals surface area contributed by atoms with Crippen molar-refractivity contribution in [1.29, 1.82) is 5.26 Å². The Labute approximate surface area is 223 Å². The van der Waals surface area contributed by atoms with Crippen LogP contribution in [0.1, 0.15) is 108 Å². The molecule has 1 fully saturated rings. The highest BCUT2D eigenvalue weighted by atomic mass is 16.5. The van der Waals surface area contributed by atoms with E-state index in [1.54, 1.807) is 13.0 Å². The van der Waals surface area contributed by atoms with E-state index >= 15 is 0 Å². The summed E-state index contributed by atoms with van der Waals surface area (Å²) in [6.07, 6.45) is 8.24. The number of nitrogens with zero attached hydrogens (tertiary/aromatic N) is 1. The monoisotopic (exact) mass is 501 g/mol. The van der Waals surface area contributed by atoms with Crippen molar-refractivity contribution < 1.29 is 14.3 Å². The van der Waals surface area contributed by atoms with Crippen LogP contribution in [0.3, 0.4) is 0 Å². The van der Waals surface area contributed by atoms with E-state index in [1.165, 1.54) is 18.1 Å². The summed E-state index contributed by atoms with van der Waals surface area (Å²) in [5.41, 5.74) is 4.63. The van der Waals surface area contributed by atoms with Gasteiger partial charge in [0.2, 0.25) is 0 Å². The molecular formula is C33H43NO3. The van der Waals surface area contributed by atoms with Gasteiger partial charge in [-0.05, 0) is 65.5 Å². The lowest BCUT2D eigenvalue weighted by atomic mass is 9.67. The summed E-state index contributed by atoms with van der Waals surface area (Å²) < 4.78 is 11.7. The largest absolute Gasteiger partial charge is 0.488 e. The van der Waals surface area contributed by atoms with Crippen LogP contribution in [0.15, 0.2) is 42.5 Å². The molecule has 1 aliphatic carbocycles. The van der Waals surface area contributed by atoms with Crippen LogP contribution < -0.4 is 4.74 Å². The van der Waals surface area contributed by atoms with Crippen LogP contribution in [0.5, 0.6) is 5.75 Å². The van der Waals surface area contributed by atoms with Crippen molar-refractivity contribution in [1.82, 2.24) is 0 Å². The molecule has 0 bridgehead atoms. The quantitative estimate of drug-likeness (QED) is 0.284. The Morgan fingerprint density at radius 1 is 1.03 bits per heavy atom. The van der Waals surface area contributed by atoms with Crippen LogP contribution >= 0.6 is 0 Å². The van der Waals surface area contributed by atoms with Crippen LogP contribution in [-0.4, -0.2) is 12.6 Å². The predicted octanol–water partition coefficient (Wildman–Crippen LogP) is 8.16. The van der Waals surface area contributed by atoms with E-state index in [9.17, 15) is 10.1 Å². The van der Waals surface area contributed by atoms with Crippen molar-refractivity contribution in [2.45, 2.75) is 103 Å². The van der Waals surface area contributed by atoms with Crippen molar-refractivity contribution in [3.05, 3.63) is 70.3 Å². The van der Waals surface area contributed by atoms with Crippen LogP contribution in [0.2, 0.25) is 0 Å². The van der Waals surface area contributed by atoms with E-state index in [0.29, 0.717) is 13.2 Å². The van der Waals surface area contributed by atoms with Gasteiger partial charge in [-0.1, -0.05) is 85.1 Å². The number of rotatable bonds is 7. The first kappa shape index (κ1) is 28.5. The summed E-state index contributed by atoms with van der Waals surface area (Å²) in [5, 5.41) is 10.5. The summed E-state index contributed by atoms with van der Waals surface area (Å²) in [7, 11) is 0. The Balaban J connectivity index is 2.06. The zero-order chi connectivity index (χ0) is 27.3. The Hall–Kier alpha value is -3.06. The summed E-state index contributed by atoms with van der Waals surface area (Å²) in [6, 6.07) is 15.3. The number of hydrogen-bond acceptors (Lipinski definition) is 4. The van der Waals surface area contributed by atoms with Crippen molar-refractivity contribution in [3.63, 3.8) is 0 Å². The molecule has 0 heterocycles. The van der Waals surface area contributed by atoms with Gasteiger partial charge in [-0.3, -0.25) is 0 Å². The van der Waals surface area contributed by atoms with Gasteiger partial charge < -0.3 is 9.47 Å². The maximum Gasteiger partial charge on any atom is 0.330 e. The second-order valence-corrected chi connectivity index (χ2v) is 12.3. The first-order valence-corrected chi connectivity index (χ1v) is 13.6. The Morgan fingerprint density at radius 3 is 2.32 bits per heavy atom. The second kappa shape index (κ2) is 11.5. The molecule has 0 radical (unpaired) electrons. The molecule has 2 aromatic carbocycles. The van der Waals surface area contributed by atoms with Gasteiger partial charge in [-0.25, -0.2) is 4.79 Å². The number of nitriles is 1. The number of hydrogen-bond donors (Lipinski definition) is 0. The molecule has 37 heavy (non-hydrogen) atoms. The topological polar surface area (TPSA) is 59.3 Å². The lowest BCUT2D eigenvalue weighted by molar-refractivity contribution is -0.137. The summed E-state index contributed by atoms with van der Waals surface area (Å²) >= 11 is 0. The van der Waals surface area contributed by atoms with E-state index < -0.39 is 5.41 Å². The van der Waals surface area contributed by atoms with Gasteiger partial charge >= 0.3 is 5.97 Å². The Bertz CT molecular complexity index is 1170. The molecule has 4 nitrogen and oxygen atoms in total. The molecule has 2 aromatic rings. The molecule has 0 N–H and O–H groups in total. The minimum Gasteiger partial charge on any atom is -0.488 e. The molecule has 1 aliphatic rings. The summed E-state index contributed by atoms with van der Waals surface area (Å²) in [6.45, 7) is 15.9. The number of ether oxygens (including phenoxy) is 2. The first-order valence-electron chi connectivity index (χ1n) is 13.6. The highest BCUT2D eigenvalue weighted by molar-refractivity contribution is 5.87. The van der Waals surface area contributed by atoms with Gasteiger partial charge in [0, 0.05) is 17.2 Å². The fourth-order valence-electron chi connectivity index (χ4n) is 5.02. The molecule has 0 spiro atoms. The highest BCUT2D eigenvalue weighted by Crippen LogP contribution is 2.48. The molecule has 0 aromatic heterocycles. The van der Waals surface area contributed by atoms with Gasteiger partial charge in [-0.15, -0.1) is 0 Å². The average Bonchev–Trinajstić information content (AvgIpc) is 2.85. The molecule has 0 aliphatic heterocycles. The van der Waals surface area contributed by atoms with Crippen LogP contribution in [0, 0.1) is 11.3 Å². The zero-order valence-electron chi connectivity index (χ0n) is 23.7. The van der Waals surface area contributed by atoms with Crippen molar-refractivity contribution in [2.24, 2.45) is 0 Å². The Kier molecular flexibility index (Phi) is 8.90. The summed E-state index contributed by atoms with van der Waals surface area (Å²) in [5.74, 6) is 0.508. The van der Waals surface area contributed by atoms with Crippen LogP contribution in [0.25, 0.3) is 6.08 Å². The van der Waals surface area contributed by atoms with E-state index in [-0.39, 0.29) is 16.8 Å². The van der Waals surface area contributed by atoms with Gasteiger partial charge in [0.05, 0.1) is 18.1 Å². The molecule has 0 amide bonds. The van der Waals surface area contributed by atoms with Gasteiger partial charge in [0.15, 0.2) is 0 Å². The Morgan fingerprint density at radius 2 is 1.73 bits per heavy atom. The molecule has 0 saturated heterocycles. The van der Waals surface area contributed by atoms with Crippen molar-refractivity contribution >= 4 is 12.0 Å². The van der Waals surface area contributed by atoms with E-state index in [1.807, 2.05) is 24.3 Å².